The first-order valence-electron chi connectivity index (χ1n) is 6.86. The van der Waals surface area contributed by atoms with Crippen LogP contribution in [-0.4, -0.2) is 30.4 Å². The van der Waals surface area contributed by atoms with Gasteiger partial charge in [-0.15, -0.1) is 0 Å². The molecule has 1 aliphatic rings. The van der Waals surface area contributed by atoms with Crippen LogP contribution in [0.2, 0.25) is 0 Å². The molecule has 0 aromatic heterocycles. The van der Waals surface area contributed by atoms with E-state index in [2.05, 4.69) is 47.2 Å². The van der Waals surface area contributed by atoms with Crippen LogP contribution in [0.5, 0.6) is 0 Å². The van der Waals surface area contributed by atoms with Crippen molar-refractivity contribution < 1.29 is 4.79 Å². The molecule has 0 radical (unpaired) electrons. The van der Waals surface area contributed by atoms with E-state index in [1.165, 1.54) is 17.5 Å². The summed E-state index contributed by atoms with van der Waals surface area (Å²) in [7, 11) is 0. The van der Waals surface area contributed by atoms with E-state index in [1.807, 2.05) is 4.90 Å². The lowest BCUT2D eigenvalue weighted by atomic mass is 10.1. The van der Waals surface area contributed by atoms with Crippen molar-refractivity contribution >= 4 is 27.5 Å². The second-order valence-electron chi connectivity index (χ2n) is 5.23. The van der Waals surface area contributed by atoms with Crippen LogP contribution >= 0.6 is 15.9 Å². The van der Waals surface area contributed by atoms with Gasteiger partial charge >= 0.3 is 0 Å². The van der Waals surface area contributed by atoms with Crippen LogP contribution in [0.4, 0.5) is 5.69 Å². The molecule has 19 heavy (non-hydrogen) atoms. The van der Waals surface area contributed by atoms with E-state index in [-0.39, 0.29) is 5.91 Å². The lowest BCUT2D eigenvalue weighted by Crippen LogP contribution is -2.39. The summed E-state index contributed by atoms with van der Waals surface area (Å²) < 4.78 is 1.02. The Morgan fingerprint density at radius 1 is 1.26 bits per heavy atom. The number of hydrogen-bond acceptors (Lipinski definition) is 2. The molecule has 104 valence electrons. The Morgan fingerprint density at radius 2 is 1.95 bits per heavy atom. The predicted molar refractivity (Wildman–Crippen MR) is 82.5 cm³/mol. The number of nitrogens with zero attached hydrogens (tertiary/aromatic N) is 1. The summed E-state index contributed by atoms with van der Waals surface area (Å²) in [5.41, 5.74) is 3.41. The largest absolute Gasteiger partial charge is 0.375 e. The Balaban J connectivity index is 1.96. The Bertz CT molecular complexity index is 444. The third kappa shape index (κ3) is 3.72. The summed E-state index contributed by atoms with van der Waals surface area (Å²) in [5.74, 6) is 0.201. The van der Waals surface area contributed by atoms with E-state index in [4.69, 9.17) is 0 Å². The number of aryl methyl sites for hydroxylation is 2. The van der Waals surface area contributed by atoms with Gasteiger partial charge in [0.15, 0.2) is 0 Å². The van der Waals surface area contributed by atoms with Crippen LogP contribution in [0.1, 0.15) is 30.4 Å². The highest BCUT2D eigenvalue weighted by atomic mass is 79.9. The van der Waals surface area contributed by atoms with E-state index in [0.717, 1.165) is 36.1 Å². The summed E-state index contributed by atoms with van der Waals surface area (Å²) in [6.45, 7) is 6.33. The SMILES string of the molecule is Cc1cc(C)c(NCC(=O)N2CCCCC2)c(Br)c1. The standard InChI is InChI=1S/C15H21BrN2O/c1-11-8-12(2)15(13(16)9-11)17-10-14(19)18-6-4-3-5-7-18/h8-9,17H,3-7,10H2,1-2H3. The second-order valence-corrected chi connectivity index (χ2v) is 6.09. The van der Waals surface area contributed by atoms with Crippen LogP contribution in [0.15, 0.2) is 16.6 Å². The zero-order chi connectivity index (χ0) is 13.8. The number of carbonyl (C=O) groups excluding carboxylic acids is 1. The highest BCUT2D eigenvalue weighted by Crippen LogP contribution is 2.27. The van der Waals surface area contributed by atoms with Crippen molar-refractivity contribution in [2.24, 2.45) is 0 Å². The number of hydrogen-bond donors (Lipinski definition) is 1. The van der Waals surface area contributed by atoms with E-state index < -0.39 is 0 Å². The van der Waals surface area contributed by atoms with Crippen LogP contribution in [0, 0.1) is 13.8 Å². The Kier molecular flexibility index (Phi) is 4.86. The predicted octanol–water partition coefficient (Wildman–Crippen LogP) is 3.49. The maximum absolute atomic E-state index is 12.1. The molecule has 0 saturated carbocycles. The maximum Gasteiger partial charge on any atom is 0.241 e. The fourth-order valence-corrected chi connectivity index (χ4v) is 3.37. The van der Waals surface area contributed by atoms with E-state index in [0.29, 0.717) is 6.54 Å². The molecule has 1 saturated heterocycles. The second kappa shape index (κ2) is 6.42. The minimum absolute atomic E-state index is 0.201. The van der Waals surface area contributed by atoms with Crippen molar-refractivity contribution in [3.8, 4) is 0 Å². The van der Waals surface area contributed by atoms with Gasteiger partial charge in [0.2, 0.25) is 5.91 Å². The van der Waals surface area contributed by atoms with Crippen molar-refractivity contribution in [3.63, 3.8) is 0 Å². The number of carbonyl (C=O) groups is 1. The summed E-state index contributed by atoms with van der Waals surface area (Å²) in [6.07, 6.45) is 3.53. The zero-order valence-electron chi connectivity index (χ0n) is 11.6. The lowest BCUT2D eigenvalue weighted by Gasteiger charge is -2.27. The summed E-state index contributed by atoms with van der Waals surface area (Å²) >= 11 is 3.56. The molecule has 1 aromatic rings. The molecule has 2 rings (SSSR count). The minimum Gasteiger partial charge on any atom is -0.375 e. The minimum atomic E-state index is 0.201. The molecule has 0 unspecified atom stereocenters. The third-order valence-corrected chi connectivity index (χ3v) is 4.18. The van der Waals surface area contributed by atoms with Gasteiger partial charge in [-0.25, -0.2) is 0 Å². The van der Waals surface area contributed by atoms with Crippen LogP contribution in [0.25, 0.3) is 0 Å². The van der Waals surface area contributed by atoms with Gasteiger partial charge in [-0.05, 0) is 66.2 Å². The highest BCUT2D eigenvalue weighted by molar-refractivity contribution is 9.10. The number of halogens is 1. The molecule has 1 heterocycles. The van der Waals surface area contributed by atoms with E-state index >= 15 is 0 Å². The van der Waals surface area contributed by atoms with Crippen molar-refractivity contribution in [1.82, 2.24) is 4.90 Å². The van der Waals surface area contributed by atoms with Crippen LogP contribution in [0.3, 0.4) is 0 Å². The topological polar surface area (TPSA) is 32.3 Å². The molecule has 1 amide bonds. The van der Waals surface area contributed by atoms with Crippen molar-refractivity contribution in [2.45, 2.75) is 33.1 Å². The van der Waals surface area contributed by atoms with Gasteiger partial charge in [0.1, 0.15) is 0 Å². The number of benzene rings is 1. The highest BCUT2D eigenvalue weighted by Gasteiger charge is 2.16. The average Bonchev–Trinajstić information content (AvgIpc) is 2.38. The van der Waals surface area contributed by atoms with Gasteiger partial charge in [0.05, 0.1) is 12.2 Å². The van der Waals surface area contributed by atoms with Crippen molar-refractivity contribution in [1.29, 1.82) is 0 Å². The molecule has 0 spiro atoms. The normalized spacial score (nSPS) is 15.4. The maximum atomic E-state index is 12.1. The van der Waals surface area contributed by atoms with Gasteiger partial charge in [-0.2, -0.15) is 0 Å². The number of nitrogens with one attached hydrogen (secondary N) is 1. The van der Waals surface area contributed by atoms with Gasteiger partial charge in [0, 0.05) is 17.6 Å². The Morgan fingerprint density at radius 3 is 2.58 bits per heavy atom. The first-order valence-corrected chi connectivity index (χ1v) is 7.65. The molecule has 1 fully saturated rings. The fraction of sp³-hybridized carbons (Fsp3) is 0.533. The van der Waals surface area contributed by atoms with Gasteiger partial charge < -0.3 is 10.2 Å². The molecule has 1 aromatic carbocycles. The number of amides is 1. The summed E-state index contributed by atoms with van der Waals surface area (Å²) in [6, 6.07) is 4.19. The molecule has 1 aliphatic heterocycles. The van der Waals surface area contributed by atoms with Crippen LogP contribution < -0.4 is 5.32 Å². The molecule has 1 N–H and O–H groups in total. The van der Waals surface area contributed by atoms with Gasteiger partial charge in [-0.1, -0.05) is 6.07 Å². The molecule has 0 atom stereocenters. The number of piperidine rings is 1. The average molecular weight is 325 g/mol. The number of anilines is 1. The van der Waals surface area contributed by atoms with Crippen LogP contribution in [-0.2, 0) is 4.79 Å². The van der Waals surface area contributed by atoms with Crippen molar-refractivity contribution in [3.05, 3.63) is 27.7 Å². The van der Waals surface area contributed by atoms with Crippen molar-refractivity contribution in [2.75, 3.05) is 25.0 Å². The molecule has 4 heteroatoms. The van der Waals surface area contributed by atoms with E-state index in [9.17, 15) is 4.79 Å². The first-order chi connectivity index (χ1) is 9.08. The van der Waals surface area contributed by atoms with E-state index in [1.54, 1.807) is 0 Å². The Hall–Kier alpha value is -1.03. The van der Waals surface area contributed by atoms with Gasteiger partial charge in [0.25, 0.3) is 0 Å². The molecule has 0 aliphatic carbocycles. The first kappa shape index (κ1) is 14.4. The fourth-order valence-electron chi connectivity index (χ4n) is 2.56. The zero-order valence-corrected chi connectivity index (χ0v) is 13.2. The summed E-state index contributed by atoms with van der Waals surface area (Å²) in [4.78, 5) is 14.1. The third-order valence-electron chi connectivity index (χ3n) is 3.56. The monoisotopic (exact) mass is 324 g/mol. The molecule has 3 nitrogen and oxygen atoms in total. The quantitative estimate of drug-likeness (QED) is 0.923. The lowest BCUT2D eigenvalue weighted by molar-refractivity contribution is -0.130. The number of likely N-dealkylation sites (tertiary alicyclic amines) is 1. The van der Waals surface area contributed by atoms with Gasteiger partial charge in [-0.3, -0.25) is 4.79 Å². The Labute approximate surface area is 123 Å². The smallest absolute Gasteiger partial charge is 0.241 e. The number of rotatable bonds is 3. The molecular formula is C15H21BrN2O. The molecule has 0 bridgehead atoms. The summed E-state index contributed by atoms with van der Waals surface area (Å²) in [5, 5.41) is 3.27. The molecular weight excluding hydrogens is 304 g/mol.